The van der Waals surface area contributed by atoms with E-state index in [0.717, 1.165) is 53.4 Å². The van der Waals surface area contributed by atoms with Gasteiger partial charge in [0.15, 0.2) is 0 Å². The molecule has 0 spiro atoms. The van der Waals surface area contributed by atoms with Gasteiger partial charge in [-0.25, -0.2) is 4.79 Å². The minimum atomic E-state index is -0.931. The molecular weight excluding hydrogens is 488 g/mol. The van der Waals surface area contributed by atoms with E-state index >= 15 is 0 Å². The Morgan fingerprint density at radius 3 is 2.45 bits per heavy atom. The Kier molecular flexibility index (Phi) is 8.23. The van der Waals surface area contributed by atoms with Crippen molar-refractivity contribution in [3.63, 3.8) is 0 Å². The molecule has 1 aromatic carbocycles. The quantitative estimate of drug-likeness (QED) is 0.268. The lowest BCUT2D eigenvalue weighted by molar-refractivity contribution is -0.137. The molecule has 0 aliphatic heterocycles. The maximum absolute atomic E-state index is 13.0. The Bertz CT molecular complexity index is 1450. The maximum atomic E-state index is 13.0. The highest BCUT2D eigenvalue weighted by atomic mass is 16.4. The second-order valence-corrected chi connectivity index (χ2v) is 10.7. The highest BCUT2D eigenvalue weighted by Gasteiger charge is 2.25. The SMILES string of the molecule is Cc1c(CC(=O)N[C@H](CC(C)C)C(=O)NCCCC(=O)O)c(=O)oc2c(C)c3oc4c(c3cc12)CCCC4. The molecule has 0 saturated heterocycles. The number of hydrogen-bond donors (Lipinski definition) is 3. The van der Waals surface area contributed by atoms with Gasteiger partial charge in [-0.3, -0.25) is 14.4 Å². The minimum Gasteiger partial charge on any atom is -0.481 e. The smallest absolute Gasteiger partial charge is 0.340 e. The van der Waals surface area contributed by atoms with Crippen molar-refractivity contribution in [1.82, 2.24) is 10.6 Å². The molecule has 204 valence electrons. The van der Waals surface area contributed by atoms with Crippen LogP contribution in [0.1, 0.15) is 74.0 Å². The summed E-state index contributed by atoms with van der Waals surface area (Å²) in [6, 6.07) is 1.22. The number of rotatable bonds is 10. The lowest BCUT2D eigenvalue weighted by atomic mass is 9.93. The number of carbonyl (C=O) groups excluding carboxylic acids is 2. The lowest BCUT2D eigenvalue weighted by Gasteiger charge is -2.20. The number of carboxylic acid groups (broad SMARTS) is 1. The van der Waals surface area contributed by atoms with Crippen LogP contribution in [0.4, 0.5) is 0 Å². The molecule has 1 atom stereocenters. The number of benzene rings is 1. The van der Waals surface area contributed by atoms with Crippen molar-refractivity contribution < 1.29 is 28.3 Å². The van der Waals surface area contributed by atoms with E-state index < -0.39 is 23.5 Å². The largest absolute Gasteiger partial charge is 0.481 e. The van der Waals surface area contributed by atoms with Crippen molar-refractivity contribution >= 4 is 39.7 Å². The van der Waals surface area contributed by atoms with E-state index in [1.165, 1.54) is 5.56 Å². The summed E-state index contributed by atoms with van der Waals surface area (Å²) in [6.07, 6.45) is 4.50. The number of carboxylic acids is 1. The average molecular weight is 525 g/mol. The normalized spacial score (nSPS) is 14.0. The lowest BCUT2D eigenvalue weighted by Crippen LogP contribution is -2.48. The van der Waals surface area contributed by atoms with Crippen LogP contribution in [0.25, 0.3) is 21.9 Å². The summed E-state index contributed by atoms with van der Waals surface area (Å²) >= 11 is 0. The van der Waals surface area contributed by atoms with Gasteiger partial charge in [0, 0.05) is 41.3 Å². The fraction of sp³-hybridized carbons (Fsp3) is 0.517. The van der Waals surface area contributed by atoms with Crippen molar-refractivity contribution in [1.29, 1.82) is 0 Å². The summed E-state index contributed by atoms with van der Waals surface area (Å²) in [6.45, 7) is 7.79. The van der Waals surface area contributed by atoms with Crippen LogP contribution in [0.3, 0.4) is 0 Å². The molecule has 0 bridgehead atoms. The summed E-state index contributed by atoms with van der Waals surface area (Å²) in [5.74, 6) is -0.628. The third kappa shape index (κ3) is 5.76. The standard InChI is InChI=1S/C29H36N2O7/c1-15(2)12-22(28(35)30-11-7-10-25(33)34)31-24(32)14-20-16(3)19-13-21-18-8-5-6-9-23(18)37-27(21)17(4)26(19)38-29(20)36/h13,15,22H,5-12,14H2,1-4H3,(H,30,35)(H,31,32)(H,33,34)/t22-/m1/s1. The molecule has 0 radical (unpaired) electrons. The number of amides is 2. The van der Waals surface area contributed by atoms with Crippen LogP contribution in [0.15, 0.2) is 19.7 Å². The Labute approximate surface area is 220 Å². The summed E-state index contributed by atoms with van der Waals surface area (Å²) < 4.78 is 11.9. The average Bonchev–Trinajstić information content (AvgIpc) is 3.23. The predicted molar refractivity (Wildman–Crippen MR) is 143 cm³/mol. The molecule has 0 fully saturated rings. The molecule has 9 nitrogen and oxygen atoms in total. The molecule has 0 saturated carbocycles. The van der Waals surface area contributed by atoms with E-state index in [1.807, 2.05) is 33.8 Å². The van der Waals surface area contributed by atoms with E-state index in [1.54, 1.807) is 0 Å². The molecule has 2 amide bonds. The molecule has 38 heavy (non-hydrogen) atoms. The monoisotopic (exact) mass is 524 g/mol. The van der Waals surface area contributed by atoms with Crippen molar-refractivity contribution in [2.45, 2.75) is 85.1 Å². The van der Waals surface area contributed by atoms with Gasteiger partial charge in [-0.15, -0.1) is 0 Å². The first-order valence-electron chi connectivity index (χ1n) is 13.4. The van der Waals surface area contributed by atoms with Crippen LogP contribution in [-0.2, 0) is 33.6 Å². The zero-order chi connectivity index (χ0) is 27.6. The Balaban J connectivity index is 1.58. The summed E-state index contributed by atoms with van der Waals surface area (Å²) in [5, 5.41) is 16.1. The molecule has 3 aromatic rings. The second kappa shape index (κ2) is 11.4. The molecule has 9 heteroatoms. The van der Waals surface area contributed by atoms with Gasteiger partial charge in [-0.05, 0) is 63.5 Å². The van der Waals surface area contributed by atoms with Crippen LogP contribution in [-0.4, -0.2) is 35.5 Å². The van der Waals surface area contributed by atoms with Gasteiger partial charge in [0.2, 0.25) is 11.8 Å². The summed E-state index contributed by atoms with van der Waals surface area (Å²) in [5.41, 5.74) is 3.57. The zero-order valence-corrected chi connectivity index (χ0v) is 22.5. The van der Waals surface area contributed by atoms with Gasteiger partial charge in [0.05, 0.1) is 12.0 Å². The summed E-state index contributed by atoms with van der Waals surface area (Å²) in [7, 11) is 0. The second-order valence-electron chi connectivity index (χ2n) is 10.7. The van der Waals surface area contributed by atoms with Crippen LogP contribution in [0.5, 0.6) is 0 Å². The highest BCUT2D eigenvalue weighted by molar-refractivity contribution is 6.00. The first-order valence-corrected chi connectivity index (χ1v) is 13.4. The van der Waals surface area contributed by atoms with E-state index in [-0.39, 0.29) is 36.8 Å². The van der Waals surface area contributed by atoms with E-state index in [0.29, 0.717) is 24.0 Å². The summed E-state index contributed by atoms with van der Waals surface area (Å²) in [4.78, 5) is 49.4. The van der Waals surface area contributed by atoms with Crippen molar-refractivity contribution in [3.05, 3.63) is 44.5 Å². The number of aliphatic carboxylic acids is 1. The highest BCUT2D eigenvalue weighted by Crippen LogP contribution is 2.37. The molecule has 1 aliphatic carbocycles. The molecular formula is C29H36N2O7. The van der Waals surface area contributed by atoms with E-state index in [2.05, 4.69) is 10.6 Å². The Hall–Kier alpha value is -3.62. The number of hydrogen-bond acceptors (Lipinski definition) is 6. The first-order chi connectivity index (χ1) is 18.1. The van der Waals surface area contributed by atoms with Crippen molar-refractivity contribution in [2.75, 3.05) is 6.54 Å². The number of furan rings is 1. The third-order valence-electron chi connectivity index (χ3n) is 7.29. The first kappa shape index (κ1) is 27.4. The molecule has 1 aliphatic rings. The maximum Gasteiger partial charge on any atom is 0.340 e. The van der Waals surface area contributed by atoms with Gasteiger partial charge in [-0.2, -0.15) is 0 Å². The predicted octanol–water partition coefficient (Wildman–Crippen LogP) is 4.09. The minimum absolute atomic E-state index is 0.0497. The molecule has 2 heterocycles. The number of nitrogens with one attached hydrogen (secondary N) is 2. The topological polar surface area (TPSA) is 139 Å². The zero-order valence-electron chi connectivity index (χ0n) is 22.5. The van der Waals surface area contributed by atoms with Gasteiger partial charge < -0.3 is 24.6 Å². The number of carbonyl (C=O) groups is 3. The number of aryl methyl sites for hydroxylation is 4. The van der Waals surface area contributed by atoms with Gasteiger partial charge >= 0.3 is 11.6 Å². The van der Waals surface area contributed by atoms with Gasteiger partial charge in [-0.1, -0.05) is 13.8 Å². The molecule has 0 unspecified atom stereocenters. The van der Waals surface area contributed by atoms with E-state index in [9.17, 15) is 19.2 Å². The molecule has 4 rings (SSSR count). The molecule has 2 aromatic heterocycles. The Morgan fingerprint density at radius 1 is 1.03 bits per heavy atom. The van der Waals surface area contributed by atoms with E-state index in [4.69, 9.17) is 13.9 Å². The van der Waals surface area contributed by atoms with Crippen molar-refractivity contribution in [3.8, 4) is 0 Å². The number of fused-ring (bicyclic) bond motifs is 4. The molecule has 3 N–H and O–H groups in total. The fourth-order valence-electron chi connectivity index (χ4n) is 5.30. The third-order valence-corrected chi connectivity index (χ3v) is 7.29. The van der Waals surface area contributed by atoms with Crippen molar-refractivity contribution in [2.24, 2.45) is 5.92 Å². The fourth-order valence-corrected chi connectivity index (χ4v) is 5.30. The van der Waals surface area contributed by atoms with Crippen LogP contribution < -0.4 is 16.3 Å². The van der Waals surface area contributed by atoms with Gasteiger partial charge in [0.1, 0.15) is 23.0 Å². The Morgan fingerprint density at radius 2 is 1.74 bits per heavy atom. The van der Waals surface area contributed by atoms with Crippen LogP contribution >= 0.6 is 0 Å². The van der Waals surface area contributed by atoms with Crippen LogP contribution in [0, 0.1) is 19.8 Å². The van der Waals surface area contributed by atoms with Gasteiger partial charge in [0.25, 0.3) is 0 Å². The van der Waals surface area contributed by atoms with Crippen LogP contribution in [0.2, 0.25) is 0 Å².